The summed E-state index contributed by atoms with van der Waals surface area (Å²) in [7, 11) is -1.17. The molecule has 0 amide bonds. The first-order valence-corrected chi connectivity index (χ1v) is 7.73. The zero-order chi connectivity index (χ0) is 14.5. The molecule has 0 radical (unpaired) electrons. The second-order valence-electron chi connectivity index (χ2n) is 4.25. The maximum absolute atomic E-state index is 13.2. The van der Waals surface area contributed by atoms with Crippen LogP contribution in [-0.2, 0) is 22.3 Å². The first kappa shape index (κ1) is 14.7. The molecule has 2 nitrogen and oxygen atoms in total. The number of nitrogens with zero attached hydrogens (tertiary/aromatic N) is 1. The Bertz CT molecular complexity index is 697. The second-order valence-corrected chi connectivity index (χ2v) is 6.11. The van der Waals surface area contributed by atoms with Gasteiger partial charge in [-0.05, 0) is 29.3 Å². The predicted octanol–water partition coefficient (Wildman–Crippen LogP) is 3.80. The minimum absolute atomic E-state index is 0.0303. The van der Waals surface area contributed by atoms with E-state index in [1.165, 1.54) is 12.1 Å². The van der Waals surface area contributed by atoms with E-state index >= 15 is 0 Å². The van der Waals surface area contributed by atoms with Gasteiger partial charge in [0.2, 0.25) is 0 Å². The summed E-state index contributed by atoms with van der Waals surface area (Å²) in [6.07, 6.45) is 0. The predicted molar refractivity (Wildman–Crippen MR) is 78.1 cm³/mol. The number of hydrogen-bond donors (Lipinski definition) is 0. The third kappa shape index (κ3) is 3.66. The highest BCUT2D eigenvalue weighted by Crippen LogP contribution is 2.18. The molecule has 20 heavy (non-hydrogen) atoms. The summed E-state index contributed by atoms with van der Waals surface area (Å²) in [4.78, 5) is 0. The molecule has 1 unspecified atom stereocenters. The molecule has 0 spiro atoms. The molecule has 1 atom stereocenters. The summed E-state index contributed by atoms with van der Waals surface area (Å²) in [6.45, 7) is 0. The molecule has 5 heteroatoms. The molecule has 0 aromatic heterocycles. The van der Waals surface area contributed by atoms with Gasteiger partial charge < -0.3 is 0 Å². The zero-order valence-corrected chi connectivity index (χ0v) is 12.0. The number of benzene rings is 2. The van der Waals surface area contributed by atoms with Crippen LogP contribution in [0.15, 0.2) is 42.5 Å². The average molecular weight is 308 g/mol. The van der Waals surface area contributed by atoms with Crippen LogP contribution in [0.1, 0.15) is 16.7 Å². The van der Waals surface area contributed by atoms with Crippen molar-refractivity contribution in [3.8, 4) is 6.07 Å². The Labute approximate surface area is 124 Å². The first-order valence-electron chi connectivity index (χ1n) is 5.87. The van der Waals surface area contributed by atoms with Gasteiger partial charge in [-0.15, -0.1) is 0 Å². The fraction of sp³-hybridized carbons (Fsp3) is 0.133. The van der Waals surface area contributed by atoms with Gasteiger partial charge in [-0.2, -0.15) is 5.26 Å². The molecule has 0 saturated carbocycles. The summed E-state index contributed by atoms with van der Waals surface area (Å²) in [5, 5.41) is 9.35. The topological polar surface area (TPSA) is 40.9 Å². The van der Waals surface area contributed by atoms with Gasteiger partial charge in [0.05, 0.1) is 11.3 Å². The van der Waals surface area contributed by atoms with Gasteiger partial charge in [-0.3, -0.25) is 4.21 Å². The summed E-state index contributed by atoms with van der Waals surface area (Å²) in [6, 6.07) is 13.2. The molecule has 0 N–H and O–H groups in total. The van der Waals surface area contributed by atoms with Crippen molar-refractivity contribution >= 4 is 22.4 Å². The van der Waals surface area contributed by atoms with Crippen LogP contribution in [0.4, 0.5) is 4.39 Å². The van der Waals surface area contributed by atoms with Crippen molar-refractivity contribution in [1.82, 2.24) is 0 Å². The van der Waals surface area contributed by atoms with Crippen LogP contribution >= 0.6 is 11.6 Å². The highest BCUT2D eigenvalue weighted by Gasteiger charge is 2.08. The summed E-state index contributed by atoms with van der Waals surface area (Å²) < 4.78 is 25.3. The molecular formula is C15H11ClFNOS. The Morgan fingerprint density at radius 1 is 1.20 bits per heavy atom. The van der Waals surface area contributed by atoms with Crippen LogP contribution in [0.2, 0.25) is 5.02 Å². The maximum atomic E-state index is 13.2. The van der Waals surface area contributed by atoms with E-state index in [0.717, 1.165) is 5.56 Å². The van der Waals surface area contributed by atoms with Crippen molar-refractivity contribution in [2.75, 3.05) is 0 Å². The number of halogens is 2. The lowest BCUT2D eigenvalue weighted by atomic mass is 10.1. The number of rotatable bonds is 4. The van der Waals surface area contributed by atoms with Crippen LogP contribution in [0, 0.1) is 17.1 Å². The van der Waals surface area contributed by atoms with E-state index in [9.17, 15) is 8.60 Å². The quantitative estimate of drug-likeness (QED) is 0.862. The minimum atomic E-state index is -1.17. The third-order valence-electron chi connectivity index (χ3n) is 2.75. The Morgan fingerprint density at radius 2 is 1.95 bits per heavy atom. The molecule has 0 aliphatic rings. The third-order valence-corrected chi connectivity index (χ3v) is 4.41. The molecule has 0 aliphatic carbocycles. The van der Waals surface area contributed by atoms with E-state index < -0.39 is 16.6 Å². The number of nitriles is 1. The Kier molecular flexibility index (Phi) is 4.89. The first-order chi connectivity index (χ1) is 9.60. The Morgan fingerprint density at radius 3 is 2.65 bits per heavy atom. The zero-order valence-electron chi connectivity index (χ0n) is 10.5. The SMILES string of the molecule is N#Cc1cc(CS(=O)Cc2ccccc2Cl)ccc1F. The lowest BCUT2D eigenvalue weighted by molar-refractivity contribution is 0.623. The normalized spacial score (nSPS) is 11.8. The van der Waals surface area contributed by atoms with E-state index in [2.05, 4.69) is 0 Å². The van der Waals surface area contributed by atoms with Crippen molar-refractivity contribution < 1.29 is 8.60 Å². The molecule has 0 saturated heterocycles. The standard InChI is InChI=1S/C15H11ClFNOS/c16-14-4-2-1-3-12(14)10-20(19)9-11-5-6-15(17)13(7-11)8-18/h1-7H,9-10H2. The van der Waals surface area contributed by atoms with E-state index in [0.29, 0.717) is 16.3 Å². The van der Waals surface area contributed by atoms with Crippen LogP contribution < -0.4 is 0 Å². The molecule has 2 aromatic rings. The van der Waals surface area contributed by atoms with Gasteiger partial charge in [0.1, 0.15) is 11.9 Å². The fourth-order valence-electron chi connectivity index (χ4n) is 1.77. The Balaban J connectivity index is 2.09. The summed E-state index contributed by atoms with van der Waals surface area (Å²) in [5.41, 5.74) is 1.46. The van der Waals surface area contributed by atoms with E-state index in [1.54, 1.807) is 18.2 Å². The molecular weight excluding hydrogens is 297 g/mol. The smallest absolute Gasteiger partial charge is 0.140 e. The lowest BCUT2D eigenvalue weighted by Gasteiger charge is -2.05. The van der Waals surface area contributed by atoms with Gasteiger partial charge in [0, 0.05) is 21.6 Å². The average Bonchev–Trinajstić information content (AvgIpc) is 2.43. The molecule has 2 aromatic carbocycles. The second kappa shape index (κ2) is 6.65. The van der Waals surface area contributed by atoms with Gasteiger partial charge in [0.15, 0.2) is 0 Å². The van der Waals surface area contributed by atoms with Gasteiger partial charge in [-0.25, -0.2) is 4.39 Å². The van der Waals surface area contributed by atoms with Gasteiger partial charge >= 0.3 is 0 Å². The highest BCUT2D eigenvalue weighted by atomic mass is 35.5. The maximum Gasteiger partial charge on any atom is 0.140 e. The van der Waals surface area contributed by atoms with Gasteiger partial charge in [0.25, 0.3) is 0 Å². The van der Waals surface area contributed by atoms with Crippen molar-refractivity contribution in [3.63, 3.8) is 0 Å². The monoisotopic (exact) mass is 307 g/mol. The summed E-state index contributed by atoms with van der Waals surface area (Å²) in [5.74, 6) is 0.0344. The molecule has 0 fully saturated rings. The molecule has 0 heterocycles. The van der Waals surface area contributed by atoms with Crippen LogP contribution in [-0.4, -0.2) is 4.21 Å². The van der Waals surface area contributed by atoms with E-state index in [1.807, 2.05) is 18.2 Å². The van der Waals surface area contributed by atoms with Crippen LogP contribution in [0.3, 0.4) is 0 Å². The van der Waals surface area contributed by atoms with Crippen LogP contribution in [0.5, 0.6) is 0 Å². The molecule has 0 aliphatic heterocycles. The molecule has 102 valence electrons. The molecule has 2 rings (SSSR count). The minimum Gasteiger partial charge on any atom is -0.259 e. The van der Waals surface area contributed by atoms with Crippen molar-refractivity contribution in [1.29, 1.82) is 5.26 Å². The Hall–Kier alpha value is -1.70. The largest absolute Gasteiger partial charge is 0.259 e. The van der Waals surface area contributed by atoms with E-state index in [-0.39, 0.29) is 11.3 Å². The van der Waals surface area contributed by atoms with Gasteiger partial charge in [-0.1, -0.05) is 35.9 Å². The lowest BCUT2D eigenvalue weighted by Crippen LogP contribution is -2.01. The van der Waals surface area contributed by atoms with Crippen LogP contribution in [0.25, 0.3) is 0 Å². The number of hydrogen-bond acceptors (Lipinski definition) is 2. The van der Waals surface area contributed by atoms with Crippen molar-refractivity contribution in [3.05, 3.63) is 70.0 Å². The van der Waals surface area contributed by atoms with E-state index in [4.69, 9.17) is 16.9 Å². The highest BCUT2D eigenvalue weighted by molar-refractivity contribution is 7.83. The summed E-state index contributed by atoms with van der Waals surface area (Å²) >= 11 is 6.01. The van der Waals surface area contributed by atoms with Crippen molar-refractivity contribution in [2.45, 2.75) is 11.5 Å². The van der Waals surface area contributed by atoms with Crippen molar-refractivity contribution in [2.24, 2.45) is 0 Å². The fourth-order valence-corrected chi connectivity index (χ4v) is 3.31. The molecule has 0 bridgehead atoms.